The maximum Gasteiger partial charge on any atom is 0.220 e. The van der Waals surface area contributed by atoms with Gasteiger partial charge in [0.1, 0.15) is 0 Å². The maximum atomic E-state index is 12.0. The molecule has 1 N–H and O–H groups in total. The minimum atomic E-state index is -0.0305. The number of hydrogen-bond acceptors (Lipinski definition) is 3. The van der Waals surface area contributed by atoms with E-state index in [4.69, 9.17) is 4.74 Å². The van der Waals surface area contributed by atoms with Gasteiger partial charge in [-0.25, -0.2) is 0 Å². The van der Waals surface area contributed by atoms with Gasteiger partial charge in [0.05, 0.1) is 12.1 Å². The molecule has 1 saturated heterocycles. The molecule has 1 amide bonds. The van der Waals surface area contributed by atoms with Crippen LogP contribution in [0.2, 0.25) is 0 Å². The molecule has 4 heteroatoms. The highest BCUT2D eigenvalue weighted by Gasteiger charge is 2.53. The molecule has 1 heterocycles. The van der Waals surface area contributed by atoms with Crippen molar-refractivity contribution in [2.45, 2.75) is 43.7 Å². The molecular formula is C18H26N2O2. The molecule has 1 aliphatic carbocycles. The average Bonchev–Trinajstić information content (AvgIpc) is 2.80. The molecule has 1 aromatic rings. The van der Waals surface area contributed by atoms with Gasteiger partial charge in [-0.05, 0) is 44.1 Å². The number of carbonyl (C=O) groups excluding carboxylic acids is 1. The highest BCUT2D eigenvalue weighted by atomic mass is 16.5. The van der Waals surface area contributed by atoms with Gasteiger partial charge < -0.3 is 15.0 Å². The number of hydrogen-bond donors (Lipinski definition) is 1. The Morgan fingerprint density at radius 3 is 2.68 bits per heavy atom. The number of amides is 1. The lowest BCUT2D eigenvalue weighted by Crippen LogP contribution is -2.49. The Morgan fingerprint density at radius 1 is 1.36 bits per heavy atom. The van der Waals surface area contributed by atoms with Gasteiger partial charge in [0, 0.05) is 18.9 Å². The van der Waals surface area contributed by atoms with Crippen LogP contribution in [-0.2, 0) is 14.9 Å². The monoisotopic (exact) mass is 302 g/mol. The fourth-order valence-corrected chi connectivity index (χ4v) is 4.22. The Kier molecular flexibility index (Phi) is 4.24. The molecule has 3 rings (SSSR count). The van der Waals surface area contributed by atoms with Crippen molar-refractivity contribution in [2.24, 2.45) is 0 Å². The fraction of sp³-hybridized carbons (Fsp3) is 0.611. The van der Waals surface area contributed by atoms with Gasteiger partial charge in [-0.3, -0.25) is 4.79 Å². The lowest BCUT2D eigenvalue weighted by Gasteiger charge is -2.43. The van der Waals surface area contributed by atoms with Crippen LogP contribution >= 0.6 is 0 Å². The molecule has 120 valence electrons. The molecule has 2 aliphatic rings. The zero-order valence-corrected chi connectivity index (χ0v) is 13.8. The van der Waals surface area contributed by atoms with Crippen molar-refractivity contribution in [3.63, 3.8) is 0 Å². The predicted molar refractivity (Wildman–Crippen MR) is 86.8 cm³/mol. The van der Waals surface area contributed by atoms with E-state index in [1.165, 1.54) is 11.1 Å². The number of fused-ring (bicyclic) bond motifs is 2. The van der Waals surface area contributed by atoms with Crippen LogP contribution in [0.25, 0.3) is 0 Å². The lowest BCUT2D eigenvalue weighted by molar-refractivity contribution is -0.123. The number of nitrogens with zero attached hydrogens (tertiary/aromatic N) is 1. The van der Waals surface area contributed by atoms with Crippen LogP contribution in [0.3, 0.4) is 0 Å². The molecule has 4 nitrogen and oxygen atoms in total. The van der Waals surface area contributed by atoms with Gasteiger partial charge in [-0.1, -0.05) is 31.2 Å². The van der Waals surface area contributed by atoms with Gasteiger partial charge in [0.2, 0.25) is 5.91 Å². The van der Waals surface area contributed by atoms with E-state index in [1.807, 2.05) is 6.92 Å². The minimum absolute atomic E-state index is 0.0223. The van der Waals surface area contributed by atoms with Gasteiger partial charge in [0.25, 0.3) is 0 Å². The van der Waals surface area contributed by atoms with E-state index in [1.54, 1.807) is 7.11 Å². The summed E-state index contributed by atoms with van der Waals surface area (Å²) in [5, 5.41) is 3.19. The number of ether oxygens (including phenoxy) is 1. The number of likely N-dealkylation sites (tertiary alicyclic amines) is 1. The summed E-state index contributed by atoms with van der Waals surface area (Å²) in [6.07, 6.45) is 2.69. The first-order chi connectivity index (χ1) is 10.6. The molecule has 1 spiro atoms. The summed E-state index contributed by atoms with van der Waals surface area (Å²) in [7, 11) is 3.95. The molecule has 0 aromatic heterocycles. The first-order valence-corrected chi connectivity index (χ1v) is 8.22. The summed E-state index contributed by atoms with van der Waals surface area (Å²) in [5.74, 6) is 0.0897. The first kappa shape index (κ1) is 15.5. The second kappa shape index (κ2) is 6.01. The zero-order valence-electron chi connectivity index (χ0n) is 13.8. The van der Waals surface area contributed by atoms with E-state index in [2.05, 4.69) is 41.5 Å². The van der Waals surface area contributed by atoms with Crippen LogP contribution in [0.1, 0.15) is 43.4 Å². The quantitative estimate of drug-likeness (QED) is 0.931. The van der Waals surface area contributed by atoms with Crippen molar-refractivity contribution in [1.29, 1.82) is 0 Å². The Morgan fingerprint density at radius 2 is 2.05 bits per heavy atom. The Hall–Kier alpha value is -1.39. The third kappa shape index (κ3) is 2.34. The van der Waals surface area contributed by atoms with Crippen LogP contribution < -0.4 is 5.32 Å². The maximum absolute atomic E-state index is 12.0. The number of benzene rings is 1. The standard InChI is InChI=1S/C18H26N2O2/c1-4-15(21)19-16-13-7-5-6-8-14(13)18(17(16)22-3)9-11-20(2)12-10-18/h5-8,16-17H,4,9-12H2,1-3H3,(H,19,21)/t16-,17+/m1/s1. The Labute approximate surface area is 132 Å². The van der Waals surface area contributed by atoms with Crippen LogP contribution in [0.4, 0.5) is 0 Å². The molecule has 2 atom stereocenters. The largest absolute Gasteiger partial charge is 0.378 e. The van der Waals surface area contributed by atoms with Crippen LogP contribution in [0, 0.1) is 0 Å². The summed E-state index contributed by atoms with van der Waals surface area (Å²) >= 11 is 0. The molecule has 0 saturated carbocycles. The lowest BCUT2D eigenvalue weighted by atomic mass is 9.72. The molecule has 22 heavy (non-hydrogen) atoms. The highest BCUT2D eigenvalue weighted by Crippen LogP contribution is 2.51. The van der Waals surface area contributed by atoms with Gasteiger partial charge in [-0.2, -0.15) is 0 Å². The summed E-state index contributed by atoms with van der Waals surface area (Å²) in [6, 6.07) is 8.51. The van der Waals surface area contributed by atoms with Crippen LogP contribution in [-0.4, -0.2) is 44.2 Å². The Balaban J connectivity index is 2.02. The normalized spacial score (nSPS) is 26.9. The van der Waals surface area contributed by atoms with Crippen molar-refractivity contribution in [1.82, 2.24) is 10.2 Å². The third-order valence-electron chi connectivity index (χ3n) is 5.45. The minimum Gasteiger partial charge on any atom is -0.378 e. The van der Waals surface area contributed by atoms with Gasteiger partial charge in [-0.15, -0.1) is 0 Å². The van der Waals surface area contributed by atoms with Crippen LogP contribution in [0.15, 0.2) is 24.3 Å². The molecule has 0 radical (unpaired) electrons. The number of rotatable bonds is 3. The molecule has 0 unspecified atom stereocenters. The average molecular weight is 302 g/mol. The summed E-state index contributed by atoms with van der Waals surface area (Å²) < 4.78 is 5.95. The first-order valence-electron chi connectivity index (χ1n) is 8.22. The van der Waals surface area contributed by atoms with E-state index < -0.39 is 0 Å². The molecule has 0 bridgehead atoms. The van der Waals surface area contributed by atoms with Crippen molar-refractivity contribution >= 4 is 5.91 Å². The highest BCUT2D eigenvalue weighted by molar-refractivity contribution is 5.76. The van der Waals surface area contributed by atoms with E-state index in [0.29, 0.717) is 6.42 Å². The SMILES string of the molecule is CCC(=O)N[C@@H]1c2ccccc2C2(CCN(C)CC2)[C@H]1OC. The topological polar surface area (TPSA) is 41.6 Å². The number of carbonyl (C=O) groups is 1. The predicted octanol–water partition coefficient (Wildman–Crippen LogP) is 2.25. The van der Waals surface area contributed by atoms with Crippen molar-refractivity contribution < 1.29 is 9.53 Å². The number of nitrogens with one attached hydrogen (secondary N) is 1. The van der Waals surface area contributed by atoms with Gasteiger partial charge >= 0.3 is 0 Å². The third-order valence-corrected chi connectivity index (χ3v) is 5.45. The van der Waals surface area contributed by atoms with E-state index in [-0.39, 0.29) is 23.5 Å². The van der Waals surface area contributed by atoms with Crippen LogP contribution in [0.5, 0.6) is 0 Å². The van der Waals surface area contributed by atoms with Gasteiger partial charge in [0.15, 0.2) is 0 Å². The second-order valence-corrected chi connectivity index (χ2v) is 6.60. The van der Waals surface area contributed by atoms with E-state index >= 15 is 0 Å². The van der Waals surface area contributed by atoms with Crippen molar-refractivity contribution in [3.05, 3.63) is 35.4 Å². The Bertz CT molecular complexity index is 550. The zero-order chi connectivity index (χ0) is 15.7. The smallest absolute Gasteiger partial charge is 0.220 e. The summed E-state index contributed by atoms with van der Waals surface area (Å²) in [5.41, 5.74) is 2.64. The second-order valence-electron chi connectivity index (χ2n) is 6.60. The van der Waals surface area contributed by atoms with E-state index in [0.717, 1.165) is 25.9 Å². The molecule has 1 aliphatic heterocycles. The fourth-order valence-electron chi connectivity index (χ4n) is 4.22. The molecule has 1 fully saturated rings. The van der Waals surface area contributed by atoms with Crippen molar-refractivity contribution in [2.75, 3.05) is 27.2 Å². The van der Waals surface area contributed by atoms with Crippen molar-refractivity contribution in [3.8, 4) is 0 Å². The molecule has 1 aromatic carbocycles. The molecular weight excluding hydrogens is 276 g/mol. The number of methoxy groups -OCH3 is 1. The summed E-state index contributed by atoms with van der Waals surface area (Å²) in [4.78, 5) is 14.4. The number of piperidine rings is 1. The van der Waals surface area contributed by atoms with E-state index in [9.17, 15) is 4.79 Å². The summed E-state index contributed by atoms with van der Waals surface area (Å²) in [6.45, 7) is 4.04.